The van der Waals surface area contributed by atoms with Crippen LogP contribution in [0.4, 0.5) is 0 Å². The molecule has 0 saturated carbocycles. The quantitative estimate of drug-likeness (QED) is 0.274. The lowest BCUT2D eigenvalue weighted by molar-refractivity contribution is 0.867. The first-order chi connectivity index (χ1) is 16.2. The topological polar surface area (TPSA) is 12.9 Å². The Bertz CT molecular complexity index is 1310. The molecule has 1 nitrogen and oxygen atoms in total. The molecule has 0 bridgehead atoms. The molecule has 1 heterocycles. The van der Waals surface area contributed by atoms with E-state index in [1.165, 1.54) is 27.8 Å². The van der Waals surface area contributed by atoms with Crippen LogP contribution in [-0.4, -0.2) is 4.98 Å². The van der Waals surface area contributed by atoms with Crippen molar-refractivity contribution < 1.29 is 0 Å². The number of pyridine rings is 1. The number of benzene rings is 4. The lowest BCUT2D eigenvalue weighted by atomic mass is 9.94. The van der Waals surface area contributed by atoms with Crippen LogP contribution in [0.3, 0.4) is 0 Å². The molecule has 0 aliphatic rings. The Balaban J connectivity index is 1.63. The van der Waals surface area contributed by atoms with Crippen LogP contribution in [0.1, 0.15) is 25.3 Å². The number of nitrogens with zero attached hydrogens (tertiary/aromatic N) is 1. The van der Waals surface area contributed by atoms with E-state index in [2.05, 4.69) is 123 Å². The summed E-state index contributed by atoms with van der Waals surface area (Å²) in [6.07, 6.45) is 0. The van der Waals surface area contributed by atoms with Gasteiger partial charge in [0.05, 0.1) is 11.4 Å². The highest BCUT2D eigenvalue weighted by Crippen LogP contribution is 2.33. The summed E-state index contributed by atoms with van der Waals surface area (Å²) in [5, 5.41) is 0. The van der Waals surface area contributed by atoms with Gasteiger partial charge in [-0.1, -0.05) is 117 Å². The van der Waals surface area contributed by atoms with Gasteiger partial charge in [0.2, 0.25) is 0 Å². The minimum Gasteiger partial charge on any atom is -0.248 e. The maximum Gasteiger partial charge on any atom is 0.0715 e. The third kappa shape index (κ3) is 4.63. The third-order valence-electron chi connectivity index (χ3n) is 6.05. The minimum atomic E-state index is 0.509. The van der Waals surface area contributed by atoms with Gasteiger partial charge < -0.3 is 0 Å². The average Bonchev–Trinajstić information content (AvgIpc) is 2.89. The van der Waals surface area contributed by atoms with E-state index < -0.39 is 0 Å². The van der Waals surface area contributed by atoms with E-state index >= 15 is 0 Å². The van der Waals surface area contributed by atoms with Crippen molar-refractivity contribution in [3.05, 3.63) is 127 Å². The summed E-state index contributed by atoms with van der Waals surface area (Å²) in [5.41, 5.74) is 10.4. The van der Waals surface area contributed by atoms with Crippen LogP contribution >= 0.6 is 0 Å². The molecule has 0 N–H and O–H groups in total. The molecule has 0 aliphatic heterocycles. The number of rotatable bonds is 5. The second kappa shape index (κ2) is 9.26. The monoisotopic (exact) mass is 425 g/mol. The van der Waals surface area contributed by atoms with Crippen LogP contribution in [-0.2, 0) is 0 Å². The minimum absolute atomic E-state index is 0.509. The summed E-state index contributed by atoms with van der Waals surface area (Å²) in [5.74, 6) is 0.509. The van der Waals surface area contributed by atoms with E-state index in [0.29, 0.717) is 5.92 Å². The second-order valence-corrected chi connectivity index (χ2v) is 8.72. The predicted octanol–water partition coefficient (Wildman–Crippen LogP) is 8.87. The van der Waals surface area contributed by atoms with Crippen molar-refractivity contribution in [1.29, 1.82) is 0 Å². The number of aromatic nitrogens is 1. The van der Waals surface area contributed by atoms with Gasteiger partial charge in [-0.3, -0.25) is 0 Å². The Morgan fingerprint density at radius 3 is 1.42 bits per heavy atom. The first kappa shape index (κ1) is 20.9. The summed E-state index contributed by atoms with van der Waals surface area (Å²) in [4.78, 5) is 5.01. The fourth-order valence-corrected chi connectivity index (χ4v) is 4.17. The van der Waals surface area contributed by atoms with Crippen molar-refractivity contribution in [3.8, 4) is 44.8 Å². The van der Waals surface area contributed by atoms with Gasteiger partial charge in [-0.05, 0) is 51.9 Å². The van der Waals surface area contributed by atoms with Gasteiger partial charge in [-0.15, -0.1) is 0 Å². The van der Waals surface area contributed by atoms with Crippen molar-refractivity contribution in [1.82, 2.24) is 4.98 Å². The maximum atomic E-state index is 5.01. The molecule has 0 unspecified atom stereocenters. The highest BCUT2D eigenvalue weighted by molar-refractivity contribution is 5.79. The molecule has 0 aliphatic carbocycles. The van der Waals surface area contributed by atoms with E-state index in [4.69, 9.17) is 4.98 Å². The molecule has 1 heteroatoms. The maximum absolute atomic E-state index is 5.01. The van der Waals surface area contributed by atoms with Crippen molar-refractivity contribution in [3.63, 3.8) is 0 Å². The van der Waals surface area contributed by atoms with Crippen LogP contribution in [0.15, 0.2) is 121 Å². The standard InChI is InChI=1S/C32H27N/c1-23(2)26-15-9-16-27(19-26)28-17-10-18-29(20-28)30-21-31(24-11-5-3-6-12-24)33-32(22-30)25-13-7-4-8-14-25/h3-23H,1-2H3. The fourth-order valence-electron chi connectivity index (χ4n) is 4.17. The fraction of sp³-hybridized carbons (Fsp3) is 0.0938. The van der Waals surface area contributed by atoms with Crippen molar-refractivity contribution in [2.45, 2.75) is 19.8 Å². The average molecular weight is 426 g/mol. The first-order valence-electron chi connectivity index (χ1n) is 11.5. The van der Waals surface area contributed by atoms with Gasteiger partial charge in [-0.25, -0.2) is 4.98 Å². The van der Waals surface area contributed by atoms with Crippen LogP contribution in [0.5, 0.6) is 0 Å². The Morgan fingerprint density at radius 1 is 0.424 bits per heavy atom. The second-order valence-electron chi connectivity index (χ2n) is 8.72. The lowest BCUT2D eigenvalue weighted by Gasteiger charge is -2.12. The highest BCUT2D eigenvalue weighted by Gasteiger charge is 2.10. The van der Waals surface area contributed by atoms with Gasteiger partial charge >= 0.3 is 0 Å². The summed E-state index contributed by atoms with van der Waals surface area (Å²) in [6, 6.07) is 42.9. The smallest absolute Gasteiger partial charge is 0.0715 e. The summed E-state index contributed by atoms with van der Waals surface area (Å²) < 4.78 is 0. The summed E-state index contributed by atoms with van der Waals surface area (Å²) in [7, 11) is 0. The number of hydrogen-bond donors (Lipinski definition) is 0. The van der Waals surface area contributed by atoms with E-state index in [0.717, 1.165) is 22.5 Å². The van der Waals surface area contributed by atoms with Gasteiger partial charge in [0.15, 0.2) is 0 Å². The normalized spacial score (nSPS) is 11.0. The summed E-state index contributed by atoms with van der Waals surface area (Å²) in [6.45, 7) is 4.48. The van der Waals surface area contributed by atoms with E-state index in [1.807, 2.05) is 12.1 Å². The van der Waals surface area contributed by atoms with Crippen molar-refractivity contribution >= 4 is 0 Å². The third-order valence-corrected chi connectivity index (χ3v) is 6.05. The zero-order chi connectivity index (χ0) is 22.6. The Hall–Kier alpha value is -3.97. The molecule has 0 fully saturated rings. The zero-order valence-corrected chi connectivity index (χ0v) is 19.1. The molecule has 0 amide bonds. The number of hydrogen-bond acceptors (Lipinski definition) is 1. The molecular formula is C32H27N. The van der Waals surface area contributed by atoms with Crippen LogP contribution in [0.2, 0.25) is 0 Å². The van der Waals surface area contributed by atoms with Crippen LogP contribution in [0.25, 0.3) is 44.8 Å². The molecule has 5 aromatic rings. The highest BCUT2D eigenvalue weighted by atomic mass is 14.7. The molecule has 33 heavy (non-hydrogen) atoms. The van der Waals surface area contributed by atoms with E-state index in [-0.39, 0.29) is 0 Å². The van der Waals surface area contributed by atoms with Gasteiger partial charge in [0.1, 0.15) is 0 Å². The van der Waals surface area contributed by atoms with Gasteiger partial charge in [0.25, 0.3) is 0 Å². The van der Waals surface area contributed by atoms with Crippen LogP contribution < -0.4 is 0 Å². The van der Waals surface area contributed by atoms with Crippen molar-refractivity contribution in [2.24, 2.45) is 0 Å². The van der Waals surface area contributed by atoms with Gasteiger partial charge in [-0.2, -0.15) is 0 Å². The molecule has 160 valence electrons. The molecule has 0 spiro atoms. The van der Waals surface area contributed by atoms with Crippen LogP contribution in [0, 0.1) is 0 Å². The predicted molar refractivity (Wildman–Crippen MR) is 140 cm³/mol. The molecule has 0 saturated heterocycles. The molecular weight excluding hydrogens is 398 g/mol. The zero-order valence-electron chi connectivity index (χ0n) is 19.1. The molecule has 0 radical (unpaired) electrons. The Kier molecular flexibility index (Phi) is 5.87. The molecule has 0 atom stereocenters. The largest absolute Gasteiger partial charge is 0.248 e. The molecule has 1 aromatic heterocycles. The van der Waals surface area contributed by atoms with Gasteiger partial charge in [0, 0.05) is 11.1 Å². The summed E-state index contributed by atoms with van der Waals surface area (Å²) >= 11 is 0. The van der Waals surface area contributed by atoms with Crippen molar-refractivity contribution in [2.75, 3.05) is 0 Å². The van der Waals surface area contributed by atoms with E-state index in [1.54, 1.807) is 0 Å². The van der Waals surface area contributed by atoms with E-state index in [9.17, 15) is 0 Å². The molecule has 5 rings (SSSR count). The first-order valence-corrected chi connectivity index (χ1v) is 11.5. The Labute approximate surface area is 196 Å². The lowest BCUT2D eigenvalue weighted by Crippen LogP contribution is -1.91. The Morgan fingerprint density at radius 2 is 0.879 bits per heavy atom. The SMILES string of the molecule is CC(C)c1cccc(-c2cccc(-c3cc(-c4ccccc4)nc(-c4ccccc4)c3)c2)c1. The molecule has 4 aromatic carbocycles.